The molecule has 0 rings (SSSR count). The Morgan fingerprint density at radius 3 is 2.56 bits per heavy atom. The normalized spacial score (nSPS) is 11.9. The van der Waals surface area contributed by atoms with E-state index >= 15 is 0 Å². The van der Waals surface area contributed by atoms with Crippen LogP contribution in [-0.4, -0.2) is 45.0 Å². The number of carbonyl (C=O) groups is 1. The molecule has 6 nitrogen and oxygen atoms in total. The summed E-state index contributed by atoms with van der Waals surface area (Å²) in [5.74, 6) is -0.647. The van der Waals surface area contributed by atoms with E-state index in [2.05, 4.69) is 9.46 Å². The monoisotopic (exact) mass is 253 g/mol. The second kappa shape index (κ2) is 7.59. The van der Waals surface area contributed by atoms with E-state index in [9.17, 15) is 13.2 Å². The molecular formula is C9H19NO5S. The minimum Gasteiger partial charge on any atom is -0.480 e. The summed E-state index contributed by atoms with van der Waals surface area (Å²) in [4.78, 5) is 10.1. The zero-order valence-corrected chi connectivity index (χ0v) is 10.4. The molecule has 16 heavy (non-hydrogen) atoms. The van der Waals surface area contributed by atoms with E-state index in [-0.39, 0.29) is 18.9 Å². The van der Waals surface area contributed by atoms with Gasteiger partial charge in [-0.15, -0.1) is 0 Å². The van der Waals surface area contributed by atoms with Gasteiger partial charge in [0.25, 0.3) is 0 Å². The molecule has 0 amide bonds. The van der Waals surface area contributed by atoms with Gasteiger partial charge in [-0.05, 0) is 12.3 Å². The molecule has 0 aliphatic carbocycles. The number of ether oxygens (including phenoxy) is 1. The van der Waals surface area contributed by atoms with Gasteiger partial charge in [-0.1, -0.05) is 13.8 Å². The zero-order chi connectivity index (χ0) is 12.6. The maximum Gasteiger partial charge on any atom is 0.329 e. The number of aliphatic carboxylic acids is 1. The molecule has 0 bridgehead atoms. The molecule has 2 N–H and O–H groups in total. The predicted molar refractivity (Wildman–Crippen MR) is 59.7 cm³/mol. The molecule has 7 heteroatoms. The van der Waals surface area contributed by atoms with Gasteiger partial charge in [0.2, 0.25) is 10.0 Å². The summed E-state index contributed by atoms with van der Waals surface area (Å²) < 4.78 is 29.7. The van der Waals surface area contributed by atoms with E-state index < -0.39 is 22.6 Å². The third-order valence-electron chi connectivity index (χ3n) is 1.76. The molecule has 0 aliphatic heterocycles. The van der Waals surface area contributed by atoms with Crippen LogP contribution < -0.4 is 4.72 Å². The third kappa shape index (κ3) is 9.88. The van der Waals surface area contributed by atoms with Crippen LogP contribution in [0.4, 0.5) is 0 Å². The van der Waals surface area contributed by atoms with Crippen molar-refractivity contribution in [3.05, 3.63) is 0 Å². The number of rotatable bonds is 9. The van der Waals surface area contributed by atoms with Crippen molar-refractivity contribution in [3.8, 4) is 0 Å². The Hall–Kier alpha value is -0.660. The van der Waals surface area contributed by atoms with Gasteiger partial charge >= 0.3 is 5.97 Å². The topological polar surface area (TPSA) is 92.7 Å². The number of hydrogen-bond acceptors (Lipinski definition) is 4. The fourth-order valence-corrected chi connectivity index (χ4v) is 2.21. The predicted octanol–water partition coefficient (Wildman–Crippen LogP) is 0.0531. The smallest absolute Gasteiger partial charge is 0.329 e. The second-order valence-corrected chi connectivity index (χ2v) is 5.77. The maximum atomic E-state index is 11.3. The largest absolute Gasteiger partial charge is 0.480 e. The van der Waals surface area contributed by atoms with Crippen LogP contribution in [0.5, 0.6) is 0 Å². The first-order valence-corrected chi connectivity index (χ1v) is 6.75. The summed E-state index contributed by atoms with van der Waals surface area (Å²) in [6.45, 7) is 3.66. The number of nitrogens with one attached hydrogen (secondary N) is 1. The first-order valence-electron chi connectivity index (χ1n) is 5.10. The van der Waals surface area contributed by atoms with Crippen LogP contribution >= 0.6 is 0 Å². The molecule has 0 fully saturated rings. The molecule has 0 unspecified atom stereocenters. The van der Waals surface area contributed by atoms with E-state index in [4.69, 9.17) is 5.11 Å². The highest BCUT2D eigenvalue weighted by Gasteiger charge is 2.10. The molecule has 96 valence electrons. The van der Waals surface area contributed by atoms with Gasteiger partial charge in [0.15, 0.2) is 0 Å². The summed E-state index contributed by atoms with van der Waals surface area (Å²) in [5, 5.41) is 8.25. The standard InChI is InChI=1S/C9H19NO5S/c1-8(2)3-6-16(13,14)10-4-5-15-7-9(11)12/h8,10H,3-7H2,1-2H3,(H,11,12). The van der Waals surface area contributed by atoms with E-state index in [1.807, 2.05) is 13.8 Å². The highest BCUT2D eigenvalue weighted by Crippen LogP contribution is 2.01. The maximum absolute atomic E-state index is 11.3. The molecule has 0 aliphatic rings. The number of carboxylic acid groups (broad SMARTS) is 1. The lowest BCUT2D eigenvalue weighted by molar-refractivity contribution is -0.142. The molecule has 0 atom stereocenters. The lowest BCUT2D eigenvalue weighted by atomic mass is 10.2. The van der Waals surface area contributed by atoms with Crippen LogP contribution in [-0.2, 0) is 19.6 Å². The Kier molecular flexibility index (Phi) is 7.27. The summed E-state index contributed by atoms with van der Waals surface area (Å²) in [6.07, 6.45) is 0.602. The molecule has 0 aromatic heterocycles. The van der Waals surface area contributed by atoms with E-state index in [0.717, 1.165) is 0 Å². The SMILES string of the molecule is CC(C)CCS(=O)(=O)NCCOCC(=O)O. The number of sulfonamides is 1. The molecular weight excluding hydrogens is 234 g/mol. The lowest BCUT2D eigenvalue weighted by Gasteiger charge is -2.08. The van der Waals surface area contributed by atoms with Crippen molar-refractivity contribution in [2.75, 3.05) is 25.5 Å². The van der Waals surface area contributed by atoms with Crippen molar-refractivity contribution in [2.24, 2.45) is 5.92 Å². The Morgan fingerprint density at radius 2 is 2.06 bits per heavy atom. The average Bonchev–Trinajstić information content (AvgIpc) is 2.14. The molecule has 0 aromatic carbocycles. The minimum atomic E-state index is -3.25. The van der Waals surface area contributed by atoms with Gasteiger partial charge in [-0.25, -0.2) is 17.9 Å². The fourth-order valence-electron chi connectivity index (χ4n) is 0.892. The van der Waals surface area contributed by atoms with Gasteiger partial charge in [-0.3, -0.25) is 0 Å². The number of carboxylic acids is 1. The van der Waals surface area contributed by atoms with Gasteiger partial charge in [0.05, 0.1) is 12.4 Å². The van der Waals surface area contributed by atoms with Crippen LogP contribution in [0.2, 0.25) is 0 Å². The average molecular weight is 253 g/mol. The second-order valence-electron chi connectivity index (χ2n) is 3.84. The molecule has 0 saturated heterocycles. The van der Waals surface area contributed by atoms with Crippen LogP contribution in [0.25, 0.3) is 0 Å². The van der Waals surface area contributed by atoms with E-state index in [1.54, 1.807) is 0 Å². The van der Waals surface area contributed by atoms with Crippen molar-refractivity contribution in [1.29, 1.82) is 0 Å². The van der Waals surface area contributed by atoms with Crippen molar-refractivity contribution < 1.29 is 23.1 Å². The van der Waals surface area contributed by atoms with Gasteiger partial charge in [0, 0.05) is 6.54 Å². The van der Waals surface area contributed by atoms with E-state index in [1.165, 1.54) is 0 Å². The Morgan fingerprint density at radius 1 is 1.44 bits per heavy atom. The minimum absolute atomic E-state index is 0.0627. The van der Waals surface area contributed by atoms with Crippen LogP contribution in [0.1, 0.15) is 20.3 Å². The van der Waals surface area contributed by atoms with Crippen LogP contribution in [0.15, 0.2) is 0 Å². The molecule has 0 saturated carbocycles. The molecule has 0 spiro atoms. The summed E-state index contributed by atoms with van der Waals surface area (Å²) >= 11 is 0. The van der Waals surface area contributed by atoms with Crippen molar-refractivity contribution in [3.63, 3.8) is 0 Å². The van der Waals surface area contributed by atoms with Crippen LogP contribution in [0, 0.1) is 5.92 Å². The summed E-state index contributed by atoms with van der Waals surface area (Å²) in [5.41, 5.74) is 0. The Bertz CT molecular complexity index is 299. The van der Waals surface area contributed by atoms with Crippen molar-refractivity contribution >= 4 is 16.0 Å². The lowest BCUT2D eigenvalue weighted by Crippen LogP contribution is -2.30. The zero-order valence-electron chi connectivity index (χ0n) is 9.60. The summed E-state index contributed by atoms with van der Waals surface area (Å²) in [7, 11) is -3.25. The Balaban J connectivity index is 3.62. The highest BCUT2D eigenvalue weighted by atomic mass is 32.2. The van der Waals surface area contributed by atoms with Crippen LogP contribution in [0.3, 0.4) is 0 Å². The third-order valence-corrected chi connectivity index (χ3v) is 3.17. The molecule has 0 radical (unpaired) electrons. The van der Waals surface area contributed by atoms with Crippen molar-refractivity contribution in [1.82, 2.24) is 4.72 Å². The quantitative estimate of drug-likeness (QED) is 0.566. The number of hydrogen-bond donors (Lipinski definition) is 2. The van der Waals surface area contributed by atoms with Crippen molar-refractivity contribution in [2.45, 2.75) is 20.3 Å². The highest BCUT2D eigenvalue weighted by molar-refractivity contribution is 7.89. The van der Waals surface area contributed by atoms with Gasteiger partial charge < -0.3 is 9.84 Å². The molecule has 0 heterocycles. The molecule has 0 aromatic rings. The summed E-state index contributed by atoms with van der Waals surface area (Å²) in [6, 6.07) is 0. The van der Waals surface area contributed by atoms with Gasteiger partial charge in [0.1, 0.15) is 6.61 Å². The Labute approximate surface area is 96.0 Å². The fraction of sp³-hybridized carbons (Fsp3) is 0.889. The van der Waals surface area contributed by atoms with Gasteiger partial charge in [-0.2, -0.15) is 0 Å². The first kappa shape index (κ1) is 15.3. The first-order chi connectivity index (χ1) is 7.33. The van der Waals surface area contributed by atoms with E-state index in [0.29, 0.717) is 12.3 Å².